The van der Waals surface area contributed by atoms with E-state index in [4.69, 9.17) is 0 Å². The quantitative estimate of drug-likeness (QED) is 0.768. The molecule has 4 rings (SSSR count). The van der Waals surface area contributed by atoms with Gasteiger partial charge in [-0.3, -0.25) is 4.98 Å². The minimum Gasteiger partial charge on any atom is -0.367 e. The zero-order valence-corrected chi connectivity index (χ0v) is 12.7. The molecular weight excluding hydrogens is 298 g/mol. The minimum absolute atomic E-state index is 0. The van der Waals surface area contributed by atoms with Crippen molar-refractivity contribution in [2.75, 3.05) is 10.6 Å². The highest BCUT2D eigenvalue weighted by Gasteiger charge is 2.22. The molecule has 1 fully saturated rings. The standard InChI is InChI=1S/C16H15N5.ClH/c1-2-4-14-13(3-1)15(18-11-5-6-11)21-16(20-14)19-12-7-9-17-10-8-12;/h1-4,7-11H,5-6H2,(H2,17,18,19,20,21);1H. The lowest BCUT2D eigenvalue weighted by atomic mass is 10.2. The van der Waals surface area contributed by atoms with Crippen molar-refractivity contribution >= 4 is 40.8 Å². The Balaban J connectivity index is 0.00000144. The third-order valence-electron chi connectivity index (χ3n) is 3.46. The molecule has 0 unspecified atom stereocenters. The Kier molecular flexibility index (Phi) is 4.06. The lowest BCUT2D eigenvalue weighted by molar-refractivity contribution is 1.10. The fraction of sp³-hybridized carbons (Fsp3) is 0.188. The number of nitrogens with one attached hydrogen (secondary N) is 2. The van der Waals surface area contributed by atoms with E-state index in [0.717, 1.165) is 22.4 Å². The Bertz CT molecular complexity index is 774. The highest BCUT2D eigenvalue weighted by Crippen LogP contribution is 2.29. The second kappa shape index (κ2) is 6.15. The van der Waals surface area contributed by atoms with Crippen LogP contribution in [0.15, 0.2) is 48.8 Å². The molecule has 112 valence electrons. The van der Waals surface area contributed by atoms with Gasteiger partial charge < -0.3 is 10.6 Å². The van der Waals surface area contributed by atoms with Crippen molar-refractivity contribution in [1.82, 2.24) is 15.0 Å². The van der Waals surface area contributed by atoms with Gasteiger partial charge in [-0.1, -0.05) is 12.1 Å². The van der Waals surface area contributed by atoms with Gasteiger partial charge >= 0.3 is 0 Å². The molecule has 0 radical (unpaired) electrons. The summed E-state index contributed by atoms with van der Waals surface area (Å²) in [7, 11) is 0. The summed E-state index contributed by atoms with van der Waals surface area (Å²) in [4.78, 5) is 13.2. The largest absolute Gasteiger partial charge is 0.367 e. The van der Waals surface area contributed by atoms with E-state index in [1.807, 2.05) is 30.3 Å². The molecule has 6 heteroatoms. The second-order valence-electron chi connectivity index (χ2n) is 5.19. The van der Waals surface area contributed by atoms with Gasteiger partial charge in [0.1, 0.15) is 5.82 Å². The van der Waals surface area contributed by atoms with E-state index in [2.05, 4.69) is 31.7 Å². The Hall–Kier alpha value is -2.40. The van der Waals surface area contributed by atoms with Crippen LogP contribution in [0, 0.1) is 0 Å². The number of rotatable bonds is 4. The van der Waals surface area contributed by atoms with Gasteiger partial charge in [0.05, 0.1) is 5.52 Å². The first-order valence-corrected chi connectivity index (χ1v) is 7.09. The van der Waals surface area contributed by atoms with E-state index in [0.29, 0.717) is 12.0 Å². The number of anilines is 3. The minimum atomic E-state index is 0. The molecular formula is C16H16ClN5. The van der Waals surface area contributed by atoms with Crippen molar-refractivity contribution in [3.8, 4) is 0 Å². The van der Waals surface area contributed by atoms with E-state index in [-0.39, 0.29) is 12.4 Å². The summed E-state index contributed by atoms with van der Waals surface area (Å²) in [6, 6.07) is 12.4. The molecule has 0 bridgehead atoms. The zero-order valence-electron chi connectivity index (χ0n) is 11.9. The molecule has 3 aromatic rings. The highest BCUT2D eigenvalue weighted by atomic mass is 35.5. The molecule has 0 spiro atoms. The molecule has 0 amide bonds. The van der Waals surface area contributed by atoms with Gasteiger partial charge in [-0.25, -0.2) is 4.98 Å². The number of pyridine rings is 1. The maximum Gasteiger partial charge on any atom is 0.229 e. The molecule has 1 aromatic carbocycles. The number of hydrogen-bond acceptors (Lipinski definition) is 5. The lowest BCUT2D eigenvalue weighted by Crippen LogP contribution is -2.07. The van der Waals surface area contributed by atoms with Crippen LogP contribution in [0.5, 0.6) is 0 Å². The van der Waals surface area contributed by atoms with Crippen molar-refractivity contribution in [3.63, 3.8) is 0 Å². The van der Waals surface area contributed by atoms with Crippen LogP contribution >= 0.6 is 12.4 Å². The molecule has 0 saturated heterocycles. The summed E-state index contributed by atoms with van der Waals surface area (Å²) in [6.07, 6.45) is 5.91. The number of hydrogen-bond donors (Lipinski definition) is 2. The fourth-order valence-corrected chi connectivity index (χ4v) is 2.23. The van der Waals surface area contributed by atoms with Crippen LogP contribution in [0.2, 0.25) is 0 Å². The smallest absolute Gasteiger partial charge is 0.229 e. The number of nitrogens with zero attached hydrogens (tertiary/aromatic N) is 3. The number of aromatic nitrogens is 3. The molecule has 22 heavy (non-hydrogen) atoms. The van der Waals surface area contributed by atoms with Gasteiger partial charge in [0, 0.05) is 29.5 Å². The van der Waals surface area contributed by atoms with E-state index >= 15 is 0 Å². The summed E-state index contributed by atoms with van der Waals surface area (Å²) in [5.41, 5.74) is 1.87. The zero-order chi connectivity index (χ0) is 14.1. The Morgan fingerprint density at radius 2 is 1.73 bits per heavy atom. The van der Waals surface area contributed by atoms with Crippen LogP contribution < -0.4 is 10.6 Å². The number of para-hydroxylation sites is 1. The molecule has 2 heterocycles. The van der Waals surface area contributed by atoms with Gasteiger partial charge in [-0.05, 0) is 37.1 Å². The molecule has 1 aliphatic rings. The van der Waals surface area contributed by atoms with Crippen LogP contribution in [0.1, 0.15) is 12.8 Å². The Labute approximate surface area is 134 Å². The van der Waals surface area contributed by atoms with Crippen LogP contribution in [-0.2, 0) is 0 Å². The van der Waals surface area contributed by atoms with Crippen LogP contribution in [-0.4, -0.2) is 21.0 Å². The molecule has 5 nitrogen and oxygen atoms in total. The third-order valence-corrected chi connectivity index (χ3v) is 3.46. The maximum absolute atomic E-state index is 4.62. The summed E-state index contributed by atoms with van der Waals surface area (Å²) < 4.78 is 0. The molecule has 2 aromatic heterocycles. The van der Waals surface area contributed by atoms with Crippen molar-refractivity contribution in [2.24, 2.45) is 0 Å². The van der Waals surface area contributed by atoms with E-state index in [1.165, 1.54) is 12.8 Å². The fourth-order valence-electron chi connectivity index (χ4n) is 2.23. The van der Waals surface area contributed by atoms with E-state index in [9.17, 15) is 0 Å². The normalized spacial score (nSPS) is 13.5. The van der Waals surface area contributed by atoms with Gasteiger partial charge in [-0.15, -0.1) is 12.4 Å². The van der Waals surface area contributed by atoms with Gasteiger partial charge in [0.25, 0.3) is 0 Å². The predicted molar refractivity (Wildman–Crippen MR) is 91.0 cm³/mol. The average molecular weight is 314 g/mol. The van der Waals surface area contributed by atoms with Gasteiger partial charge in [0.15, 0.2) is 0 Å². The summed E-state index contributed by atoms with van der Waals surface area (Å²) in [5.74, 6) is 1.50. The van der Waals surface area contributed by atoms with Crippen LogP contribution in [0.4, 0.5) is 17.5 Å². The SMILES string of the molecule is Cl.c1ccc2c(NC3CC3)nc(Nc3ccncc3)nc2c1. The van der Waals surface area contributed by atoms with E-state index < -0.39 is 0 Å². The molecule has 0 atom stereocenters. The van der Waals surface area contributed by atoms with Crippen molar-refractivity contribution in [3.05, 3.63) is 48.8 Å². The molecule has 1 saturated carbocycles. The second-order valence-corrected chi connectivity index (χ2v) is 5.19. The summed E-state index contributed by atoms with van der Waals surface area (Å²) in [5, 5.41) is 7.77. The van der Waals surface area contributed by atoms with Crippen LogP contribution in [0.3, 0.4) is 0 Å². The number of benzene rings is 1. The maximum atomic E-state index is 4.62. The van der Waals surface area contributed by atoms with Crippen LogP contribution in [0.25, 0.3) is 10.9 Å². The topological polar surface area (TPSA) is 62.7 Å². The van der Waals surface area contributed by atoms with Gasteiger partial charge in [-0.2, -0.15) is 4.98 Å². The first-order chi connectivity index (χ1) is 10.4. The molecule has 0 aliphatic heterocycles. The highest BCUT2D eigenvalue weighted by molar-refractivity contribution is 5.90. The summed E-state index contributed by atoms with van der Waals surface area (Å²) in [6.45, 7) is 0. The Morgan fingerprint density at radius 1 is 0.955 bits per heavy atom. The third kappa shape index (κ3) is 3.09. The molecule has 2 N–H and O–H groups in total. The lowest BCUT2D eigenvalue weighted by Gasteiger charge is -2.11. The predicted octanol–water partition coefficient (Wildman–Crippen LogP) is 3.76. The van der Waals surface area contributed by atoms with E-state index in [1.54, 1.807) is 12.4 Å². The van der Waals surface area contributed by atoms with Crippen molar-refractivity contribution in [2.45, 2.75) is 18.9 Å². The number of fused-ring (bicyclic) bond motifs is 1. The first kappa shape index (κ1) is 14.5. The van der Waals surface area contributed by atoms with Gasteiger partial charge in [0.2, 0.25) is 5.95 Å². The molecule has 1 aliphatic carbocycles. The first-order valence-electron chi connectivity index (χ1n) is 7.09. The average Bonchev–Trinajstić information content (AvgIpc) is 3.32. The number of halogens is 1. The Morgan fingerprint density at radius 3 is 2.50 bits per heavy atom. The monoisotopic (exact) mass is 313 g/mol. The van der Waals surface area contributed by atoms with Crippen molar-refractivity contribution in [1.29, 1.82) is 0 Å². The summed E-state index contributed by atoms with van der Waals surface area (Å²) >= 11 is 0. The van der Waals surface area contributed by atoms with Crippen molar-refractivity contribution < 1.29 is 0 Å².